The van der Waals surface area contributed by atoms with Crippen LogP contribution in [0.2, 0.25) is 0 Å². The summed E-state index contributed by atoms with van der Waals surface area (Å²) in [5.74, 6) is -2.76. The molecule has 0 heterocycles. The Morgan fingerprint density at radius 2 is 1.65 bits per heavy atom. The van der Waals surface area contributed by atoms with E-state index in [1.807, 2.05) is 26.0 Å². The average Bonchev–Trinajstić information content (AvgIpc) is 2.72. The van der Waals surface area contributed by atoms with Gasteiger partial charge in [-0.1, -0.05) is 71.9 Å². The molecule has 1 rings (SSSR count). The van der Waals surface area contributed by atoms with E-state index in [1.54, 1.807) is 19.1 Å². The van der Waals surface area contributed by atoms with E-state index in [0.717, 1.165) is 16.0 Å². The molecule has 0 amide bonds. The number of hydrogen-bond donors (Lipinski definition) is 0. The summed E-state index contributed by atoms with van der Waals surface area (Å²) in [5.41, 5.74) is 2.64. The van der Waals surface area contributed by atoms with Gasteiger partial charge in [-0.05, 0) is 66.3 Å². The molecule has 0 aliphatic heterocycles. The molecule has 0 spiro atoms. The molecule has 1 unspecified atom stereocenters. The van der Waals surface area contributed by atoms with Gasteiger partial charge in [-0.3, -0.25) is 0 Å². The lowest BCUT2D eigenvalue weighted by molar-refractivity contribution is -0.135. The number of rotatable bonds is 10. The van der Waals surface area contributed by atoms with Crippen molar-refractivity contribution in [2.24, 2.45) is 5.41 Å². The lowest BCUT2D eigenvalue weighted by Gasteiger charge is -2.30. The number of thioether (sulfide) groups is 1. The zero-order chi connectivity index (χ0) is 26.3. The molecule has 0 aliphatic carbocycles. The summed E-state index contributed by atoms with van der Waals surface area (Å²) in [6, 6.07) is 8.12. The van der Waals surface area contributed by atoms with Crippen LogP contribution in [0.1, 0.15) is 79.4 Å². The van der Waals surface area contributed by atoms with Gasteiger partial charge in [-0.25, -0.2) is 13.2 Å². The van der Waals surface area contributed by atoms with Crippen molar-refractivity contribution in [3.63, 3.8) is 0 Å². The van der Waals surface area contributed by atoms with Gasteiger partial charge >= 0.3 is 0 Å². The van der Waals surface area contributed by atoms with Crippen LogP contribution in [0.3, 0.4) is 0 Å². The van der Waals surface area contributed by atoms with Crippen LogP contribution in [-0.4, -0.2) is 25.5 Å². The average molecular weight is 490 g/mol. The molecule has 1 aromatic carbocycles. The van der Waals surface area contributed by atoms with Crippen molar-refractivity contribution >= 4 is 25.2 Å². The fraction of sp³-hybridized carbons (Fsp3) is 0.500. The van der Waals surface area contributed by atoms with Crippen LogP contribution >= 0.6 is 11.8 Å². The molecule has 1 aromatic rings. The molecule has 1 atom stereocenters. The number of ether oxygens (including phenoxy) is 1. The summed E-state index contributed by atoms with van der Waals surface area (Å²) < 4.78 is 48.0. The topological polar surface area (TPSA) is 9.23 Å². The van der Waals surface area contributed by atoms with Crippen molar-refractivity contribution in [1.29, 1.82) is 0 Å². The second kappa shape index (κ2) is 12.8. The van der Waals surface area contributed by atoms with Crippen LogP contribution in [0.25, 0.3) is 5.57 Å². The van der Waals surface area contributed by atoms with E-state index in [4.69, 9.17) is 12.6 Å². The molecule has 0 saturated carbocycles. The van der Waals surface area contributed by atoms with E-state index < -0.39 is 17.9 Å². The molecule has 34 heavy (non-hydrogen) atoms. The Morgan fingerprint density at radius 1 is 1.06 bits per heavy atom. The van der Waals surface area contributed by atoms with E-state index in [2.05, 4.69) is 26.0 Å². The Morgan fingerprint density at radius 3 is 2.15 bits per heavy atom. The van der Waals surface area contributed by atoms with Gasteiger partial charge in [0, 0.05) is 10.3 Å². The van der Waals surface area contributed by atoms with Gasteiger partial charge in [0.05, 0.1) is 19.4 Å². The Labute approximate surface area is 210 Å². The van der Waals surface area contributed by atoms with Crippen LogP contribution in [0.5, 0.6) is 0 Å². The first-order valence-corrected chi connectivity index (χ1v) is 12.4. The van der Waals surface area contributed by atoms with Crippen molar-refractivity contribution in [2.75, 3.05) is 6.61 Å². The van der Waals surface area contributed by atoms with Crippen LogP contribution < -0.4 is 0 Å². The van der Waals surface area contributed by atoms with Crippen molar-refractivity contribution in [3.05, 3.63) is 75.7 Å². The van der Waals surface area contributed by atoms with E-state index in [0.29, 0.717) is 17.3 Å². The summed E-state index contributed by atoms with van der Waals surface area (Å²) in [7, 11) is 6.16. The van der Waals surface area contributed by atoms with Crippen molar-refractivity contribution in [1.82, 2.24) is 0 Å². The summed E-state index contributed by atoms with van der Waals surface area (Å²) in [5, 5.41) is -0.241. The Hall–Kier alpha value is -1.82. The fourth-order valence-electron chi connectivity index (χ4n) is 3.10. The standard InChI is InChI=1S/C28H38BF3OS/c1-18(2)24-12-10-11-13-25(24)21(5)26(34-22(6)29)23(15-14-19(3)30)16-20(4)33-17-28(31,32)27(7,8)9/h10-16,18,22H,17H2,1-9H3/b19-14+,20-16+,23-15+,26-21+. The molecule has 0 N–H and O–H groups in total. The Bertz CT molecular complexity index is 947. The maximum Gasteiger partial charge on any atom is 0.286 e. The third-order valence-electron chi connectivity index (χ3n) is 5.32. The van der Waals surface area contributed by atoms with Gasteiger partial charge in [0.1, 0.15) is 0 Å². The van der Waals surface area contributed by atoms with Crippen molar-refractivity contribution < 1.29 is 17.9 Å². The monoisotopic (exact) mass is 490 g/mol. The molecule has 0 bridgehead atoms. The first-order valence-electron chi connectivity index (χ1n) is 11.5. The normalized spacial score (nSPS) is 16.0. The maximum absolute atomic E-state index is 14.4. The SMILES string of the molecule is [B]C(C)SC(/C(/C=C(\C)OCC(F)(F)C(C)(C)C)=C/C=C(\C)F)=C(\C)c1ccccc1C(C)C. The maximum atomic E-state index is 14.4. The fourth-order valence-corrected chi connectivity index (χ4v) is 4.02. The Balaban J connectivity index is 3.62. The highest BCUT2D eigenvalue weighted by Gasteiger charge is 2.43. The summed E-state index contributed by atoms with van der Waals surface area (Å²) in [4.78, 5) is 0.839. The number of alkyl halides is 2. The highest BCUT2D eigenvalue weighted by molar-refractivity contribution is 8.05. The third kappa shape index (κ3) is 9.09. The second-order valence-corrected chi connectivity index (χ2v) is 11.3. The Kier molecular flexibility index (Phi) is 11.3. The predicted octanol–water partition coefficient (Wildman–Crippen LogP) is 9.19. The summed E-state index contributed by atoms with van der Waals surface area (Å²) in [6.07, 6.45) is 4.66. The highest BCUT2D eigenvalue weighted by Crippen LogP contribution is 2.39. The van der Waals surface area contributed by atoms with Gasteiger partial charge in [0.15, 0.2) is 6.61 Å². The molecule has 1 nitrogen and oxygen atoms in total. The molecular formula is C28H38BF3OS. The van der Waals surface area contributed by atoms with Gasteiger partial charge in [0.2, 0.25) is 0 Å². The number of hydrogen-bond acceptors (Lipinski definition) is 2. The van der Waals surface area contributed by atoms with Gasteiger partial charge in [0.25, 0.3) is 5.92 Å². The van der Waals surface area contributed by atoms with Crippen LogP contribution in [-0.2, 0) is 4.74 Å². The first kappa shape index (κ1) is 30.2. The van der Waals surface area contributed by atoms with E-state index >= 15 is 0 Å². The van der Waals surface area contributed by atoms with E-state index in [1.165, 1.54) is 51.1 Å². The zero-order valence-electron chi connectivity index (χ0n) is 21.9. The number of halogens is 3. The largest absolute Gasteiger partial charge is 0.492 e. The zero-order valence-corrected chi connectivity index (χ0v) is 22.7. The minimum absolute atomic E-state index is 0.241. The van der Waals surface area contributed by atoms with Crippen molar-refractivity contribution in [2.45, 2.75) is 79.3 Å². The lowest BCUT2D eigenvalue weighted by Crippen LogP contribution is -2.38. The van der Waals surface area contributed by atoms with Gasteiger partial charge in [-0.2, -0.15) is 0 Å². The minimum Gasteiger partial charge on any atom is -0.492 e. The lowest BCUT2D eigenvalue weighted by atomic mass is 9.88. The van der Waals surface area contributed by atoms with Crippen LogP contribution in [0.4, 0.5) is 13.2 Å². The molecule has 6 heteroatoms. The van der Waals surface area contributed by atoms with Crippen LogP contribution in [0.15, 0.2) is 64.6 Å². The molecule has 0 aliphatic rings. The molecule has 0 saturated heterocycles. The van der Waals surface area contributed by atoms with Crippen molar-refractivity contribution in [3.8, 4) is 0 Å². The highest BCUT2D eigenvalue weighted by atomic mass is 32.2. The minimum atomic E-state index is -3.01. The van der Waals surface area contributed by atoms with E-state index in [9.17, 15) is 13.2 Å². The first-order chi connectivity index (χ1) is 15.6. The predicted molar refractivity (Wildman–Crippen MR) is 143 cm³/mol. The molecule has 2 radical (unpaired) electrons. The summed E-state index contributed by atoms with van der Waals surface area (Å²) >= 11 is 1.44. The van der Waals surface area contributed by atoms with Crippen LogP contribution in [0, 0.1) is 5.41 Å². The molecule has 186 valence electrons. The summed E-state index contributed by atoms with van der Waals surface area (Å²) in [6.45, 7) is 14.8. The van der Waals surface area contributed by atoms with Gasteiger partial charge < -0.3 is 4.74 Å². The third-order valence-corrected chi connectivity index (χ3v) is 6.47. The molecular weight excluding hydrogens is 452 g/mol. The number of allylic oxidation sites excluding steroid dienone is 7. The van der Waals surface area contributed by atoms with E-state index in [-0.39, 0.29) is 11.0 Å². The van der Waals surface area contributed by atoms with Gasteiger partial charge in [-0.15, -0.1) is 11.8 Å². The second-order valence-electron chi connectivity index (χ2n) is 9.89. The molecule has 0 aromatic heterocycles. The quantitative estimate of drug-likeness (QED) is 0.184. The molecule has 0 fully saturated rings. The number of benzene rings is 1. The smallest absolute Gasteiger partial charge is 0.286 e.